The first-order valence-corrected chi connectivity index (χ1v) is 4.39. The van der Waals surface area contributed by atoms with Gasteiger partial charge in [-0.25, -0.2) is 0 Å². The molecule has 0 aliphatic carbocycles. The van der Waals surface area contributed by atoms with Gasteiger partial charge in [-0.05, 0) is 26.9 Å². The molecule has 0 saturated heterocycles. The van der Waals surface area contributed by atoms with Gasteiger partial charge in [-0.3, -0.25) is 4.79 Å². The van der Waals surface area contributed by atoms with E-state index in [9.17, 15) is 4.79 Å². The van der Waals surface area contributed by atoms with E-state index in [1.54, 1.807) is 0 Å². The number of hydrogen-bond acceptors (Lipinski definition) is 2. The summed E-state index contributed by atoms with van der Waals surface area (Å²) in [5.41, 5.74) is -0.194. The second kappa shape index (κ2) is 4.45. The minimum absolute atomic E-state index is 0.194. The van der Waals surface area contributed by atoms with E-state index < -0.39 is 5.97 Å². The van der Waals surface area contributed by atoms with Crippen LogP contribution in [0.3, 0.4) is 0 Å². The average molecular weight is 173 g/mol. The Kier molecular flexibility index (Phi) is 4.24. The van der Waals surface area contributed by atoms with Crippen molar-refractivity contribution in [3.05, 3.63) is 0 Å². The van der Waals surface area contributed by atoms with Crippen LogP contribution in [0.25, 0.3) is 0 Å². The standard InChI is InChI=1S/C9H19NO2/c1-5-9(3,7-8(11)12)10(4)6-2/h5-7H2,1-4H3,(H,11,12). The van der Waals surface area contributed by atoms with Crippen molar-refractivity contribution >= 4 is 5.97 Å². The number of aliphatic carboxylic acids is 1. The van der Waals surface area contributed by atoms with Crippen LogP contribution in [0, 0.1) is 0 Å². The third kappa shape index (κ3) is 2.81. The molecule has 0 spiro atoms. The molecule has 3 nitrogen and oxygen atoms in total. The highest BCUT2D eigenvalue weighted by Crippen LogP contribution is 2.21. The van der Waals surface area contributed by atoms with Crippen LogP contribution in [0.5, 0.6) is 0 Å². The van der Waals surface area contributed by atoms with Crippen LogP contribution in [-0.2, 0) is 4.79 Å². The SMILES string of the molecule is CCN(C)C(C)(CC)CC(=O)O. The number of hydrogen-bond donors (Lipinski definition) is 1. The topological polar surface area (TPSA) is 40.5 Å². The van der Waals surface area contributed by atoms with Crippen molar-refractivity contribution in [3.63, 3.8) is 0 Å². The minimum Gasteiger partial charge on any atom is -0.481 e. The van der Waals surface area contributed by atoms with Crippen molar-refractivity contribution < 1.29 is 9.90 Å². The van der Waals surface area contributed by atoms with Gasteiger partial charge in [0, 0.05) is 5.54 Å². The summed E-state index contributed by atoms with van der Waals surface area (Å²) in [6.45, 7) is 6.94. The fourth-order valence-corrected chi connectivity index (χ4v) is 1.24. The molecule has 1 atom stereocenters. The fraction of sp³-hybridized carbons (Fsp3) is 0.889. The largest absolute Gasteiger partial charge is 0.481 e. The van der Waals surface area contributed by atoms with E-state index in [1.807, 2.05) is 27.8 Å². The minimum atomic E-state index is -0.723. The third-order valence-electron chi connectivity index (χ3n) is 2.69. The molecule has 0 radical (unpaired) electrons. The van der Waals surface area contributed by atoms with Crippen LogP contribution >= 0.6 is 0 Å². The Balaban J connectivity index is 4.32. The van der Waals surface area contributed by atoms with E-state index in [-0.39, 0.29) is 12.0 Å². The molecular weight excluding hydrogens is 154 g/mol. The molecule has 72 valence electrons. The van der Waals surface area contributed by atoms with Gasteiger partial charge >= 0.3 is 5.97 Å². The van der Waals surface area contributed by atoms with Crippen molar-refractivity contribution in [2.24, 2.45) is 0 Å². The Morgan fingerprint density at radius 1 is 1.50 bits per heavy atom. The van der Waals surface area contributed by atoms with Crippen molar-refractivity contribution in [1.82, 2.24) is 4.90 Å². The molecule has 3 heteroatoms. The van der Waals surface area contributed by atoms with Crippen LogP contribution in [0.15, 0.2) is 0 Å². The summed E-state index contributed by atoms with van der Waals surface area (Å²) in [5.74, 6) is -0.723. The molecule has 1 N–H and O–H groups in total. The summed E-state index contributed by atoms with van der Waals surface area (Å²) < 4.78 is 0. The second-order valence-electron chi connectivity index (χ2n) is 3.44. The fourth-order valence-electron chi connectivity index (χ4n) is 1.24. The summed E-state index contributed by atoms with van der Waals surface area (Å²) in [4.78, 5) is 12.7. The number of carboxylic acids is 1. The van der Waals surface area contributed by atoms with Gasteiger partial charge in [0.05, 0.1) is 6.42 Å². The molecule has 0 bridgehead atoms. The Hall–Kier alpha value is -0.570. The number of nitrogens with zero attached hydrogens (tertiary/aromatic N) is 1. The van der Waals surface area contributed by atoms with Crippen molar-refractivity contribution in [2.75, 3.05) is 13.6 Å². The van der Waals surface area contributed by atoms with Gasteiger partial charge in [0.1, 0.15) is 0 Å². The number of carbonyl (C=O) groups is 1. The molecule has 0 fully saturated rings. The van der Waals surface area contributed by atoms with Crippen molar-refractivity contribution in [2.45, 2.75) is 39.2 Å². The molecule has 0 aliphatic rings. The van der Waals surface area contributed by atoms with Gasteiger partial charge in [-0.1, -0.05) is 13.8 Å². The van der Waals surface area contributed by atoms with Gasteiger partial charge in [0.15, 0.2) is 0 Å². The Labute approximate surface area is 74.4 Å². The molecular formula is C9H19NO2. The maximum atomic E-state index is 10.6. The van der Waals surface area contributed by atoms with Crippen LogP contribution in [0.1, 0.15) is 33.6 Å². The molecule has 12 heavy (non-hydrogen) atoms. The summed E-state index contributed by atoms with van der Waals surface area (Å²) in [7, 11) is 1.96. The van der Waals surface area contributed by atoms with Crippen LogP contribution < -0.4 is 0 Å². The summed E-state index contributed by atoms with van der Waals surface area (Å²) >= 11 is 0. The normalized spacial score (nSPS) is 16.1. The van der Waals surface area contributed by atoms with E-state index >= 15 is 0 Å². The summed E-state index contributed by atoms with van der Waals surface area (Å²) in [5, 5.41) is 8.70. The molecule has 0 heterocycles. The first-order valence-electron chi connectivity index (χ1n) is 4.39. The highest BCUT2D eigenvalue weighted by atomic mass is 16.4. The highest BCUT2D eigenvalue weighted by Gasteiger charge is 2.28. The average Bonchev–Trinajstić information content (AvgIpc) is 2.01. The Morgan fingerprint density at radius 2 is 2.00 bits per heavy atom. The lowest BCUT2D eigenvalue weighted by Gasteiger charge is -2.36. The lowest BCUT2D eigenvalue weighted by atomic mass is 9.93. The molecule has 0 aromatic heterocycles. The van der Waals surface area contributed by atoms with Crippen molar-refractivity contribution in [3.8, 4) is 0 Å². The first-order chi connectivity index (χ1) is 5.46. The predicted octanol–water partition coefficient (Wildman–Crippen LogP) is 1.58. The van der Waals surface area contributed by atoms with E-state index in [0.29, 0.717) is 0 Å². The van der Waals surface area contributed by atoms with Gasteiger partial charge < -0.3 is 10.0 Å². The van der Waals surface area contributed by atoms with Gasteiger partial charge in [-0.2, -0.15) is 0 Å². The van der Waals surface area contributed by atoms with E-state index in [2.05, 4.69) is 4.90 Å². The molecule has 0 saturated carbocycles. The third-order valence-corrected chi connectivity index (χ3v) is 2.69. The van der Waals surface area contributed by atoms with Gasteiger partial charge in [0.2, 0.25) is 0 Å². The lowest BCUT2D eigenvalue weighted by Crippen LogP contribution is -2.44. The second-order valence-corrected chi connectivity index (χ2v) is 3.44. The number of carboxylic acid groups (broad SMARTS) is 1. The maximum Gasteiger partial charge on any atom is 0.305 e. The molecule has 0 aromatic carbocycles. The van der Waals surface area contributed by atoms with Crippen LogP contribution in [0.2, 0.25) is 0 Å². The summed E-state index contributed by atoms with van der Waals surface area (Å²) in [6, 6.07) is 0. The number of rotatable bonds is 5. The quantitative estimate of drug-likeness (QED) is 0.686. The van der Waals surface area contributed by atoms with Crippen LogP contribution in [-0.4, -0.2) is 35.1 Å². The molecule has 0 amide bonds. The predicted molar refractivity (Wildman–Crippen MR) is 49.3 cm³/mol. The smallest absolute Gasteiger partial charge is 0.305 e. The lowest BCUT2D eigenvalue weighted by molar-refractivity contribution is -0.140. The molecule has 1 unspecified atom stereocenters. The zero-order valence-corrected chi connectivity index (χ0v) is 8.42. The Bertz CT molecular complexity index is 159. The zero-order valence-electron chi connectivity index (χ0n) is 8.42. The van der Waals surface area contributed by atoms with Crippen molar-refractivity contribution in [1.29, 1.82) is 0 Å². The van der Waals surface area contributed by atoms with Gasteiger partial charge in [0.25, 0.3) is 0 Å². The highest BCUT2D eigenvalue weighted by molar-refractivity contribution is 5.68. The Morgan fingerprint density at radius 3 is 2.25 bits per heavy atom. The van der Waals surface area contributed by atoms with E-state index in [0.717, 1.165) is 13.0 Å². The molecule has 0 aliphatic heterocycles. The van der Waals surface area contributed by atoms with E-state index in [4.69, 9.17) is 5.11 Å². The molecule has 0 rings (SSSR count). The van der Waals surface area contributed by atoms with Crippen LogP contribution in [0.4, 0.5) is 0 Å². The zero-order chi connectivity index (χ0) is 9.78. The van der Waals surface area contributed by atoms with Gasteiger partial charge in [-0.15, -0.1) is 0 Å². The first kappa shape index (κ1) is 11.4. The summed E-state index contributed by atoms with van der Waals surface area (Å²) in [6.07, 6.45) is 1.08. The molecule has 0 aromatic rings. The monoisotopic (exact) mass is 173 g/mol. The van der Waals surface area contributed by atoms with E-state index in [1.165, 1.54) is 0 Å². The maximum absolute atomic E-state index is 10.6.